The van der Waals surface area contributed by atoms with Crippen LogP contribution in [0.1, 0.15) is 52.7 Å². The van der Waals surface area contributed by atoms with Crippen molar-refractivity contribution < 1.29 is 33.9 Å². The third-order valence-corrected chi connectivity index (χ3v) is 7.60. The van der Waals surface area contributed by atoms with E-state index in [0.29, 0.717) is 0 Å². The molecule has 201 valence electrons. The fourth-order valence-corrected chi connectivity index (χ4v) is 4.70. The van der Waals surface area contributed by atoms with E-state index in [1.54, 1.807) is 24.3 Å². The zero-order valence-corrected chi connectivity index (χ0v) is 23.8. The third-order valence-electron chi connectivity index (χ3n) is 4.82. The van der Waals surface area contributed by atoms with Gasteiger partial charge in [0, 0.05) is 9.79 Å². The molecule has 4 N–H and O–H groups in total. The molecule has 0 atom stereocenters. The second kappa shape index (κ2) is 13.9. The summed E-state index contributed by atoms with van der Waals surface area (Å²) in [5.74, 6) is 0. The Morgan fingerprint density at radius 2 is 0.857 bits per heavy atom. The molecule has 0 spiro atoms. The summed E-state index contributed by atoms with van der Waals surface area (Å²) in [7, 11) is -7.08. The van der Waals surface area contributed by atoms with E-state index in [1.807, 2.05) is 24.3 Å². The van der Waals surface area contributed by atoms with E-state index in [1.165, 1.54) is 0 Å². The third kappa shape index (κ3) is 11.1. The first kappa shape index (κ1) is 33.7. The van der Waals surface area contributed by atoms with Crippen LogP contribution in [0.4, 0.5) is 0 Å². The molecule has 0 saturated carbocycles. The van der Waals surface area contributed by atoms with Gasteiger partial charge in [0.05, 0.1) is 0 Å². The molecule has 0 unspecified atom stereocenters. The maximum Gasteiger partial charge on any atom is 2.00 e. The fraction of sp³-hybridized carbons (Fsp3) is 0.500. The molecule has 0 aliphatic carbocycles. The first-order valence-corrected chi connectivity index (χ1v) is 13.9. The molecule has 1 radical (unpaired) electrons. The van der Waals surface area contributed by atoms with Crippen molar-refractivity contribution >= 4 is 20.0 Å². The van der Waals surface area contributed by atoms with Crippen LogP contribution in [0, 0.1) is 0 Å². The first-order valence-electron chi connectivity index (χ1n) is 11.0. The summed E-state index contributed by atoms with van der Waals surface area (Å²) >= 11 is 0. The number of benzene rings is 2. The molecule has 2 rings (SSSR count). The number of nitrogens with two attached hydrogens (primary N) is 2. The molecule has 0 aromatic heterocycles. The Kier molecular flexibility index (Phi) is 13.3. The Morgan fingerprint density at radius 1 is 0.600 bits per heavy atom. The Morgan fingerprint density at radius 3 is 1.06 bits per heavy atom. The molecule has 2 aromatic rings. The fourth-order valence-electron chi connectivity index (χ4n) is 2.75. The van der Waals surface area contributed by atoms with E-state index in [9.17, 15) is 16.8 Å². The second-order valence-electron chi connectivity index (χ2n) is 9.78. The molecule has 0 amide bonds. The van der Waals surface area contributed by atoms with Gasteiger partial charge in [0.2, 0.25) is 0 Å². The van der Waals surface area contributed by atoms with Gasteiger partial charge in [0.15, 0.2) is 0 Å². The predicted molar refractivity (Wildman–Crippen MR) is 139 cm³/mol. The molecule has 8 nitrogen and oxygen atoms in total. The van der Waals surface area contributed by atoms with E-state index < -0.39 is 20.0 Å². The number of hydrogen-bond donors (Lipinski definition) is 2. The van der Waals surface area contributed by atoms with Gasteiger partial charge in [-0.3, -0.25) is 0 Å². The summed E-state index contributed by atoms with van der Waals surface area (Å²) in [6.07, 6.45) is 0. The minimum atomic E-state index is -3.54. The Hall–Kier alpha value is -1.30. The van der Waals surface area contributed by atoms with E-state index in [0.717, 1.165) is 11.1 Å². The zero-order chi connectivity index (χ0) is 26.2. The second-order valence-corrected chi connectivity index (χ2v) is 13.1. The van der Waals surface area contributed by atoms with Crippen LogP contribution < -0.4 is 11.5 Å². The van der Waals surface area contributed by atoms with Crippen molar-refractivity contribution in [3.8, 4) is 0 Å². The molecule has 0 aliphatic heterocycles. The van der Waals surface area contributed by atoms with E-state index in [-0.39, 0.29) is 63.9 Å². The Labute approximate surface area is 222 Å². The van der Waals surface area contributed by atoms with Crippen LogP contribution in [-0.4, -0.2) is 43.0 Å². The molecule has 0 bridgehead atoms. The molecule has 11 heteroatoms. The van der Waals surface area contributed by atoms with Crippen molar-refractivity contribution in [1.82, 2.24) is 0 Å². The van der Waals surface area contributed by atoms with Crippen LogP contribution in [0.5, 0.6) is 0 Å². The average molecular weight is 574 g/mol. The van der Waals surface area contributed by atoms with Crippen LogP contribution in [0.2, 0.25) is 0 Å². The number of rotatable bonds is 8. The first-order chi connectivity index (χ1) is 15.5. The van der Waals surface area contributed by atoms with Gasteiger partial charge in [-0.05, 0) is 59.3 Å². The smallest absolute Gasteiger partial charge is 0.544 e. The van der Waals surface area contributed by atoms with Gasteiger partial charge in [0.1, 0.15) is 20.0 Å². The van der Waals surface area contributed by atoms with Crippen molar-refractivity contribution in [3.63, 3.8) is 0 Å². The maximum atomic E-state index is 11.7. The molecule has 0 fully saturated rings. The SMILES string of the molecule is CC(C)(C)c1ccc(S(=O)(=O)[N-]CCN)cc1.CC(C)(C)c1ccc(S(=O)(=O)[N-]CCN)cc1.[Cu+2]. The summed E-state index contributed by atoms with van der Waals surface area (Å²) in [6, 6.07) is 13.7. The molecule has 0 aliphatic rings. The monoisotopic (exact) mass is 573 g/mol. The van der Waals surface area contributed by atoms with Crippen LogP contribution in [-0.2, 0) is 47.9 Å². The largest absolute Gasteiger partial charge is 2.00 e. The van der Waals surface area contributed by atoms with Crippen molar-refractivity contribution in [2.24, 2.45) is 11.5 Å². The zero-order valence-electron chi connectivity index (χ0n) is 21.2. The molecule has 0 heterocycles. The summed E-state index contributed by atoms with van der Waals surface area (Å²) < 4.78 is 54.1. The molecule has 0 saturated heterocycles. The van der Waals surface area contributed by atoms with Gasteiger partial charge in [0.25, 0.3) is 0 Å². The van der Waals surface area contributed by atoms with Crippen molar-refractivity contribution in [3.05, 3.63) is 69.1 Å². The number of hydrogen-bond acceptors (Lipinski definition) is 6. The van der Waals surface area contributed by atoms with E-state index in [4.69, 9.17) is 11.5 Å². The Bertz CT molecular complexity index is 1010. The van der Waals surface area contributed by atoms with Gasteiger partial charge >= 0.3 is 17.1 Å². The predicted octanol–water partition coefficient (Wildman–Crippen LogP) is 4.01. The summed E-state index contributed by atoms with van der Waals surface area (Å²) in [5.41, 5.74) is 12.7. The van der Waals surface area contributed by atoms with E-state index in [2.05, 4.69) is 51.0 Å². The van der Waals surface area contributed by atoms with Gasteiger partial charge in [-0.25, -0.2) is 16.8 Å². The quantitative estimate of drug-likeness (QED) is 0.456. The van der Waals surface area contributed by atoms with Crippen LogP contribution in [0.15, 0.2) is 58.3 Å². The Balaban J connectivity index is 0.000000642. The molecule has 35 heavy (non-hydrogen) atoms. The number of sulfonamides is 2. The van der Waals surface area contributed by atoms with Crippen molar-refractivity contribution in [2.75, 3.05) is 26.2 Å². The van der Waals surface area contributed by atoms with Gasteiger partial charge in [-0.1, -0.05) is 65.8 Å². The van der Waals surface area contributed by atoms with Gasteiger partial charge < -0.3 is 20.9 Å². The molecule has 2 aromatic carbocycles. The summed E-state index contributed by atoms with van der Waals surface area (Å²) in [5, 5.41) is 0. The van der Waals surface area contributed by atoms with Crippen LogP contribution in [0.25, 0.3) is 9.44 Å². The number of nitrogens with zero attached hydrogens (tertiary/aromatic N) is 2. The standard InChI is InChI=1S/2C12H19N2O2S.Cu/c2*1-12(2,3)10-4-6-11(7-5-10)17(15,16)14-9-8-13;/h2*4-7H,8-9,13H2,1-3H3;/q2*-1;+2. The normalized spacial score (nSPS) is 12.3. The van der Waals surface area contributed by atoms with Crippen LogP contribution >= 0.6 is 0 Å². The van der Waals surface area contributed by atoms with Crippen molar-refractivity contribution in [2.45, 2.75) is 62.2 Å². The molecular formula is C24H38CuN4O4S2. The van der Waals surface area contributed by atoms with Gasteiger partial charge in [-0.2, -0.15) is 0 Å². The summed E-state index contributed by atoms with van der Waals surface area (Å²) in [4.78, 5) is 0.443. The molecular weight excluding hydrogens is 536 g/mol. The average Bonchev–Trinajstić information content (AvgIpc) is 2.76. The maximum absolute atomic E-state index is 11.7. The van der Waals surface area contributed by atoms with Crippen LogP contribution in [0.3, 0.4) is 0 Å². The minimum absolute atomic E-state index is 0. The van der Waals surface area contributed by atoms with Gasteiger partial charge in [-0.15, -0.1) is 13.1 Å². The van der Waals surface area contributed by atoms with E-state index >= 15 is 0 Å². The topological polar surface area (TPSA) is 149 Å². The summed E-state index contributed by atoms with van der Waals surface area (Å²) in [6.45, 7) is 13.2. The van der Waals surface area contributed by atoms with Crippen molar-refractivity contribution in [1.29, 1.82) is 0 Å². The minimum Gasteiger partial charge on any atom is -0.544 e.